The minimum atomic E-state index is -0.0533. The minimum absolute atomic E-state index is 0.0533. The maximum absolute atomic E-state index is 12.2. The third kappa shape index (κ3) is 3.63. The first-order chi connectivity index (χ1) is 12.7. The quantitative estimate of drug-likeness (QED) is 0.739. The van der Waals surface area contributed by atoms with Gasteiger partial charge in [0.1, 0.15) is 11.1 Å². The van der Waals surface area contributed by atoms with Gasteiger partial charge in [0.15, 0.2) is 0 Å². The van der Waals surface area contributed by atoms with E-state index in [0.29, 0.717) is 23.0 Å². The number of carbonyl (C=O) groups excluding carboxylic acids is 1. The number of hydrogen-bond acceptors (Lipinski definition) is 6. The number of benzene rings is 1. The lowest BCUT2D eigenvalue weighted by Crippen LogP contribution is -2.38. The molecule has 0 bridgehead atoms. The highest BCUT2D eigenvalue weighted by molar-refractivity contribution is 7.18. The predicted octanol–water partition coefficient (Wildman–Crippen LogP) is 4.05. The maximum Gasteiger partial charge on any atom is 0.239 e. The summed E-state index contributed by atoms with van der Waals surface area (Å²) in [5, 5.41) is 15.5. The molecule has 7 heteroatoms. The molecule has 1 aliphatic heterocycles. The van der Waals surface area contributed by atoms with Gasteiger partial charge >= 0.3 is 0 Å². The van der Waals surface area contributed by atoms with E-state index in [1.807, 2.05) is 11.4 Å². The second-order valence-electron chi connectivity index (χ2n) is 6.39. The first kappa shape index (κ1) is 17.2. The second-order valence-corrected chi connectivity index (χ2v) is 8.37. The van der Waals surface area contributed by atoms with Gasteiger partial charge in [-0.2, -0.15) is 5.26 Å². The molecule has 1 saturated heterocycles. The molecule has 26 heavy (non-hydrogen) atoms. The average molecular weight is 383 g/mol. The van der Waals surface area contributed by atoms with E-state index in [4.69, 9.17) is 10.2 Å². The first-order valence-corrected chi connectivity index (χ1v) is 10.3. The fourth-order valence-corrected chi connectivity index (χ4v) is 5.16. The zero-order valence-electron chi connectivity index (χ0n) is 14.1. The highest BCUT2D eigenvalue weighted by Gasteiger charge is 2.24. The number of thiophene rings is 1. The van der Waals surface area contributed by atoms with Gasteiger partial charge in [-0.05, 0) is 49.5 Å². The summed E-state index contributed by atoms with van der Waals surface area (Å²) < 4.78 is 1.24. The summed E-state index contributed by atoms with van der Waals surface area (Å²) in [5.74, 6) is 0.427. The van der Waals surface area contributed by atoms with Crippen molar-refractivity contribution >= 4 is 43.8 Å². The Hall–Kier alpha value is -2.27. The number of nitriles is 1. The van der Waals surface area contributed by atoms with E-state index in [1.54, 1.807) is 17.4 Å². The summed E-state index contributed by atoms with van der Waals surface area (Å²) in [4.78, 5) is 19.2. The molecule has 1 amide bonds. The molecule has 132 valence electrons. The highest BCUT2D eigenvalue weighted by atomic mass is 32.1. The molecular weight excluding hydrogens is 364 g/mol. The molecule has 3 heterocycles. The van der Waals surface area contributed by atoms with Crippen molar-refractivity contribution in [3.8, 4) is 6.07 Å². The number of thiazole rings is 1. The summed E-state index contributed by atoms with van der Waals surface area (Å²) >= 11 is 3.17. The van der Waals surface area contributed by atoms with Crippen LogP contribution in [0.25, 0.3) is 10.2 Å². The number of likely N-dealkylation sites (tertiary alicyclic amines) is 1. The Kier molecular flexibility index (Phi) is 4.98. The van der Waals surface area contributed by atoms with Crippen LogP contribution in [0, 0.1) is 11.3 Å². The fourth-order valence-electron chi connectivity index (χ4n) is 3.27. The van der Waals surface area contributed by atoms with Gasteiger partial charge in [-0.15, -0.1) is 22.7 Å². The topological polar surface area (TPSA) is 69.0 Å². The van der Waals surface area contributed by atoms with Gasteiger partial charge in [-0.3, -0.25) is 9.69 Å². The summed E-state index contributed by atoms with van der Waals surface area (Å²) in [6.45, 7) is 2.16. The molecule has 0 aliphatic carbocycles. The van der Waals surface area contributed by atoms with Crippen molar-refractivity contribution in [2.24, 2.45) is 0 Å². The standard InChI is InChI=1S/C19H18N4OS2/c20-11-14-7-10-25-18(14)22-17(24)12-23-8-5-13(6-9-23)19-21-15-3-1-2-4-16(15)26-19/h1-4,7,10,13H,5-6,8-9,12H2,(H,22,24). The van der Waals surface area contributed by atoms with E-state index in [-0.39, 0.29) is 5.91 Å². The van der Waals surface area contributed by atoms with Crippen LogP contribution in [0.15, 0.2) is 35.7 Å². The molecule has 3 aromatic rings. The summed E-state index contributed by atoms with van der Waals surface area (Å²) in [6.07, 6.45) is 2.05. The Balaban J connectivity index is 1.32. The van der Waals surface area contributed by atoms with Gasteiger partial charge in [-0.1, -0.05) is 12.1 Å². The van der Waals surface area contributed by atoms with Crippen molar-refractivity contribution in [3.05, 3.63) is 46.3 Å². The van der Waals surface area contributed by atoms with E-state index in [9.17, 15) is 4.79 Å². The van der Waals surface area contributed by atoms with E-state index < -0.39 is 0 Å². The van der Waals surface area contributed by atoms with Crippen LogP contribution in [0.2, 0.25) is 0 Å². The van der Waals surface area contributed by atoms with Crippen molar-refractivity contribution in [2.75, 3.05) is 25.0 Å². The van der Waals surface area contributed by atoms with Gasteiger partial charge in [0, 0.05) is 5.92 Å². The van der Waals surface area contributed by atoms with Crippen LogP contribution in [0.5, 0.6) is 0 Å². The predicted molar refractivity (Wildman–Crippen MR) is 106 cm³/mol. The number of anilines is 1. The molecule has 0 spiro atoms. The number of carbonyl (C=O) groups is 1. The van der Waals surface area contributed by atoms with E-state index in [1.165, 1.54) is 21.0 Å². The van der Waals surface area contributed by atoms with E-state index in [2.05, 4.69) is 34.5 Å². The van der Waals surface area contributed by atoms with Gasteiger partial charge in [0.05, 0.1) is 27.3 Å². The van der Waals surface area contributed by atoms with Crippen molar-refractivity contribution in [3.63, 3.8) is 0 Å². The summed E-state index contributed by atoms with van der Waals surface area (Å²) in [7, 11) is 0. The van der Waals surface area contributed by atoms with Crippen LogP contribution in [0.1, 0.15) is 29.3 Å². The molecule has 0 atom stereocenters. The smallest absolute Gasteiger partial charge is 0.239 e. The lowest BCUT2D eigenvalue weighted by Gasteiger charge is -2.30. The molecule has 1 fully saturated rings. The third-order valence-corrected chi connectivity index (χ3v) is 6.68. The van der Waals surface area contributed by atoms with Crippen LogP contribution in [-0.2, 0) is 4.79 Å². The molecule has 0 unspecified atom stereocenters. The number of nitrogens with one attached hydrogen (secondary N) is 1. The maximum atomic E-state index is 12.2. The average Bonchev–Trinajstić information content (AvgIpc) is 3.28. The molecule has 2 aromatic heterocycles. The number of nitrogens with zero attached hydrogens (tertiary/aromatic N) is 3. The van der Waals surface area contributed by atoms with Crippen molar-refractivity contribution in [2.45, 2.75) is 18.8 Å². The monoisotopic (exact) mass is 382 g/mol. The van der Waals surface area contributed by atoms with Crippen molar-refractivity contribution < 1.29 is 4.79 Å². The lowest BCUT2D eigenvalue weighted by molar-refractivity contribution is -0.117. The molecule has 5 nitrogen and oxygen atoms in total. The van der Waals surface area contributed by atoms with Crippen molar-refractivity contribution in [1.29, 1.82) is 5.26 Å². The summed E-state index contributed by atoms with van der Waals surface area (Å²) in [5.41, 5.74) is 1.61. The molecular formula is C19H18N4OS2. The normalized spacial score (nSPS) is 15.8. The number of piperidine rings is 1. The highest BCUT2D eigenvalue weighted by Crippen LogP contribution is 2.33. The Morgan fingerprint density at radius 2 is 2.12 bits per heavy atom. The molecule has 1 aromatic carbocycles. The Labute approximate surface area is 159 Å². The number of amides is 1. The van der Waals surface area contributed by atoms with Crippen LogP contribution >= 0.6 is 22.7 Å². The van der Waals surface area contributed by atoms with Crippen molar-refractivity contribution in [1.82, 2.24) is 9.88 Å². The SMILES string of the molecule is N#Cc1ccsc1NC(=O)CN1CCC(c2nc3ccccc3s2)CC1. The third-order valence-electron chi connectivity index (χ3n) is 4.65. The first-order valence-electron chi connectivity index (χ1n) is 8.58. The number of aromatic nitrogens is 1. The molecule has 0 radical (unpaired) electrons. The van der Waals surface area contributed by atoms with Crippen LogP contribution < -0.4 is 5.32 Å². The van der Waals surface area contributed by atoms with Gasteiger partial charge < -0.3 is 5.32 Å². The Morgan fingerprint density at radius 3 is 2.88 bits per heavy atom. The molecule has 0 saturated carbocycles. The Bertz CT molecular complexity index is 930. The molecule has 1 N–H and O–H groups in total. The van der Waals surface area contributed by atoms with Gasteiger partial charge in [0.2, 0.25) is 5.91 Å². The van der Waals surface area contributed by atoms with Crippen LogP contribution in [-0.4, -0.2) is 35.4 Å². The fraction of sp³-hybridized carbons (Fsp3) is 0.316. The number of hydrogen-bond donors (Lipinski definition) is 1. The van der Waals surface area contributed by atoms with Gasteiger partial charge in [-0.25, -0.2) is 4.98 Å². The second kappa shape index (κ2) is 7.54. The van der Waals surface area contributed by atoms with E-state index >= 15 is 0 Å². The largest absolute Gasteiger partial charge is 0.315 e. The van der Waals surface area contributed by atoms with Crippen LogP contribution in [0.3, 0.4) is 0 Å². The Morgan fingerprint density at radius 1 is 1.31 bits per heavy atom. The van der Waals surface area contributed by atoms with Gasteiger partial charge in [0.25, 0.3) is 0 Å². The number of para-hydroxylation sites is 1. The molecule has 4 rings (SSSR count). The zero-order chi connectivity index (χ0) is 17.9. The zero-order valence-corrected chi connectivity index (χ0v) is 15.8. The number of rotatable bonds is 4. The molecule has 1 aliphatic rings. The minimum Gasteiger partial charge on any atom is -0.315 e. The lowest BCUT2D eigenvalue weighted by atomic mass is 9.97. The number of fused-ring (bicyclic) bond motifs is 1. The summed E-state index contributed by atoms with van der Waals surface area (Å²) in [6, 6.07) is 12.1. The van der Waals surface area contributed by atoms with Crippen LogP contribution in [0.4, 0.5) is 5.00 Å². The van der Waals surface area contributed by atoms with E-state index in [0.717, 1.165) is 31.4 Å².